The van der Waals surface area contributed by atoms with Gasteiger partial charge in [-0.1, -0.05) is 6.07 Å². The van der Waals surface area contributed by atoms with E-state index in [1.54, 1.807) is 6.07 Å². The topological polar surface area (TPSA) is 6.48 Å². The number of anilines is 1. The predicted octanol–water partition coefficient (Wildman–Crippen LogP) is 3.02. The van der Waals surface area contributed by atoms with E-state index in [-0.39, 0.29) is 0 Å². The quantitative estimate of drug-likeness (QED) is 0.606. The van der Waals surface area contributed by atoms with E-state index >= 15 is 0 Å². The lowest BCUT2D eigenvalue weighted by Gasteiger charge is -2.35. The van der Waals surface area contributed by atoms with Gasteiger partial charge in [-0.05, 0) is 18.2 Å². The van der Waals surface area contributed by atoms with Gasteiger partial charge in [0.1, 0.15) is 0 Å². The maximum Gasteiger partial charge on any atom is 0.416 e. The van der Waals surface area contributed by atoms with Gasteiger partial charge in [-0.25, -0.2) is 0 Å². The van der Waals surface area contributed by atoms with Crippen LogP contribution in [-0.4, -0.2) is 37.1 Å². The molecule has 1 aliphatic heterocycles. The van der Waals surface area contributed by atoms with Crippen LogP contribution in [0.3, 0.4) is 0 Å². The van der Waals surface area contributed by atoms with Crippen LogP contribution in [0.25, 0.3) is 0 Å². The molecule has 0 aromatic heterocycles. The summed E-state index contributed by atoms with van der Waals surface area (Å²) in [6.07, 6.45) is -4.28. The van der Waals surface area contributed by atoms with Crippen molar-refractivity contribution in [1.29, 1.82) is 0 Å². The van der Waals surface area contributed by atoms with Gasteiger partial charge in [0.2, 0.25) is 0 Å². The minimum atomic E-state index is -4.28. The molecule has 18 heavy (non-hydrogen) atoms. The van der Waals surface area contributed by atoms with Crippen LogP contribution in [0.2, 0.25) is 0 Å². The Balaban J connectivity index is 2.10. The molecule has 1 aliphatic rings. The first-order valence-electron chi connectivity index (χ1n) is 5.71. The zero-order chi connectivity index (χ0) is 13.2. The summed E-state index contributed by atoms with van der Waals surface area (Å²) in [5, 5.41) is 0. The average Bonchev–Trinajstić information content (AvgIpc) is 2.38. The number of alkyl halides is 4. The van der Waals surface area contributed by atoms with Gasteiger partial charge in [0, 0.05) is 31.9 Å². The third kappa shape index (κ3) is 3.09. The van der Waals surface area contributed by atoms with Crippen LogP contribution < -0.4 is 4.90 Å². The highest BCUT2D eigenvalue weighted by Gasteiger charge is 2.31. The Morgan fingerprint density at radius 3 is 2.33 bits per heavy atom. The van der Waals surface area contributed by atoms with E-state index in [4.69, 9.17) is 11.6 Å². The van der Waals surface area contributed by atoms with Crippen molar-refractivity contribution in [2.24, 2.45) is 0 Å². The number of piperazine rings is 1. The molecule has 2 rings (SSSR count). The molecule has 0 amide bonds. The van der Waals surface area contributed by atoms with Crippen molar-refractivity contribution in [3.05, 3.63) is 29.8 Å². The Labute approximate surface area is 109 Å². The first-order chi connectivity index (χ1) is 8.50. The van der Waals surface area contributed by atoms with Crippen molar-refractivity contribution in [2.45, 2.75) is 6.18 Å². The summed E-state index contributed by atoms with van der Waals surface area (Å²) >= 11 is 5.72. The predicted molar refractivity (Wildman–Crippen MR) is 66.0 cm³/mol. The summed E-state index contributed by atoms with van der Waals surface area (Å²) in [7, 11) is 0. The molecule has 1 fully saturated rings. The number of hydrogen-bond donors (Lipinski definition) is 0. The molecule has 0 unspecified atom stereocenters. The zero-order valence-electron chi connectivity index (χ0n) is 9.75. The second kappa shape index (κ2) is 5.36. The highest BCUT2D eigenvalue weighted by molar-refractivity contribution is 6.17. The number of nitrogens with zero attached hydrogens (tertiary/aromatic N) is 2. The first kappa shape index (κ1) is 13.5. The van der Waals surface area contributed by atoms with Crippen LogP contribution >= 0.6 is 11.6 Å². The van der Waals surface area contributed by atoms with Gasteiger partial charge in [-0.3, -0.25) is 4.90 Å². The maximum atomic E-state index is 12.6. The van der Waals surface area contributed by atoms with Crippen LogP contribution in [0.15, 0.2) is 24.3 Å². The minimum Gasteiger partial charge on any atom is -0.369 e. The van der Waals surface area contributed by atoms with E-state index in [1.165, 1.54) is 12.1 Å². The van der Waals surface area contributed by atoms with Crippen LogP contribution in [0.5, 0.6) is 0 Å². The van der Waals surface area contributed by atoms with Gasteiger partial charge < -0.3 is 4.90 Å². The summed E-state index contributed by atoms with van der Waals surface area (Å²) in [4.78, 5) is 4.02. The maximum absolute atomic E-state index is 12.6. The van der Waals surface area contributed by atoms with Gasteiger partial charge in [0.25, 0.3) is 0 Å². The molecule has 1 aromatic rings. The fraction of sp³-hybridized carbons (Fsp3) is 0.500. The zero-order valence-corrected chi connectivity index (χ0v) is 10.5. The molecule has 0 bridgehead atoms. The monoisotopic (exact) mass is 278 g/mol. The third-order valence-corrected chi connectivity index (χ3v) is 3.42. The first-order valence-corrected chi connectivity index (χ1v) is 6.24. The SMILES string of the molecule is FC(F)(F)c1cccc(N2CCN(CCl)CC2)c1. The van der Waals surface area contributed by atoms with E-state index in [0.717, 1.165) is 19.2 Å². The van der Waals surface area contributed by atoms with Crippen molar-refractivity contribution >= 4 is 17.3 Å². The number of rotatable bonds is 2. The summed E-state index contributed by atoms with van der Waals surface area (Å²) < 4.78 is 37.8. The van der Waals surface area contributed by atoms with E-state index < -0.39 is 11.7 Å². The molecule has 0 spiro atoms. The molecular formula is C12H14ClF3N2. The van der Waals surface area contributed by atoms with E-state index in [9.17, 15) is 13.2 Å². The molecule has 1 saturated heterocycles. The second-order valence-electron chi connectivity index (χ2n) is 4.27. The van der Waals surface area contributed by atoms with E-state index in [2.05, 4.69) is 4.90 Å². The van der Waals surface area contributed by atoms with Crippen molar-refractivity contribution in [1.82, 2.24) is 4.90 Å². The molecule has 1 heterocycles. The van der Waals surface area contributed by atoms with Gasteiger partial charge in [0.05, 0.1) is 11.6 Å². The highest BCUT2D eigenvalue weighted by Crippen LogP contribution is 2.31. The van der Waals surface area contributed by atoms with Crippen LogP contribution in [0, 0.1) is 0 Å². The van der Waals surface area contributed by atoms with Crippen molar-refractivity contribution < 1.29 is 13.2 Å². The van der Waals surface area contributed by atoms with Crippen LogP contribution in [-0.2, 0) is 6.18 Å². The van der Waals surface area contributed by atoms with E-state index in [0.29, 0.717) is 24.8 Å². The summed E-state index contributed by atoms with van der Waals surface area (Å²) in [5.41, 5.74) is 0.0267. The lowest BCUT2D eigenvalue weighted by Crippen LogP contribution is -2.45. The standard InChI is InChI=1S/C12H14ClF3N2/c13-9-17-4-6-18(7-5-17)11-3-1-2-10(8-11)12(14,15)16/h1-3,8H,4-7,9H2. The smallest absolute Gasteiger partial charge is 0.369 e. The molecule has 2 nitrogen and oxygen atoms in total. The summed E-state index contributed by atoms with van der Waals surface area (Å²) in [5.74, 6) is 0. The minimum absolute atomic E-state index is 0.469. The molecule has 1 aromatic carbocycles. The molecule has 0 atom stereocenters. The number of hydrogen-bond acceptors (Lipinski definition) is 2. The van der Waals surface area contributed by atoms with Crippen LogP contribution in [0.1, 0.15) is 5.56 Å². The molecule has 100 valence electrons. The lowest BCUT2D eigenvalue weighted by atomic mass is 10.1. The molecule has 0 N–H and O–H groups in total. The Kier molecular flexibility index (Phi) is 4.02. The Hall–Kier alpha value is -0.940. The molecule has 6 heteroatoms. The Morgan fingerprint density at radius 1 is 1.11 bits per heavy atom. The van der Waals surface area contributed by atoms with Gasteiger partial charge in [-0.15, -0.1) is 11.6 Å². The Morgan fingerprint density at radius 2 is 1.78 bits per heavy atom. The van der Waals surface area contributed by atoms with Gasteiger partial charge in [0.15, 0.2) is 0 Å². The Bertz CT molecular complexity index is 401. The van der Waals surface area contributed by atoms with Crippen molar-refractivity contribution in [3.8, 4) is 0 Å². The largest absolute Gasteiger partial charge is 0.416 e. The summed E-state index contributed by atoms with van der Waals surface area (Å²) in [6, 6.07) is 5.93. The fourth-order valence-corrected chi connectivity index (χ4v) is 2.24. The fourth-order valence-electron chi connectivity index (χ4n) is 2.00. The second-order valence-corrected chi connectivity index (χ2v) is 4.51. The summed E-state index contributed by atoms with van der Waals surface area (Å²) in [6.45, 7) is 2.96. The normalized spacial score (nSPS) is 18.1. The van der Waals surface area contributed by atoms with Crippen molar-refractivity contribution in [2.75, 3.05) is 37.1 Å². The van der Waals surface area contributed by atoms with Crippen LogP contribution in [0.4, 0.5) is 18.9 Å². The van der Waals surface area contributed by atoms with Crippen molar-refractivity contribution in [3.63, 3.8) is 0 Å². The molecule has 0 aliphatic carbocycles. The number of benzene rings is 1. The average molecular weight is 279 g/mol. The number of halogens is 4. The van der Waals surface area contributed by atoms with Gasteiger partial charge >= 0.3 is 6.18 Å². The molecule has 0 saturated carbocycles. The molecular weight excluding hydrogens is 265 g/mol. The third-order valence-electron chi connectivity index (χ3n) is 3.08. The highest BCUT2D eigenvalue weighted by atomic mass is 35.5. The van der Waals surface area contributed by atoms with Gasteiger partial charge in [-0.2, -0.15) is 13.2 Å². The lowest BCUT2D eigenvalue weighted by molar-refractivity contribution is -0.137. The molecule has 0 radical (unpaired) electrons. The van der Waals surface area contributed by atoms with E-state index in [1.807, 2.05) is 4.90 Å².